The Hall–Kier alpha value is -1.61. The zero-order chi connectivity index (χ0) is 13.0. The number of nitrogens with zero attached hydrogens (tertiary/aromatic N) is 1. The summed E-state index contributed by atoms with van der Waals surface area (Å²) in [5.41, 5.74) is 4.53. The van der Waals surface area contributed by atoms with Gasteiger partial charge in [0.15, 0.2) is 0 Å². The standard InChI is InChI=1S/C15H20N2O/c1-4-8-16-9-13-10-18-15(17-13)14-7-5-6-11(2)12(14)3/h5-7,10,16H,4,8-9H2,1-3H3. The first-order valence-electron chi connectivity index (χ1n) is 6.44. The summed E-state index contributed by atoms with van der Waals surface area (Å²) in [5, 5.41) is 3.32. The Morgan fingerprint density at radius 3 is 2.89 bits per heavy atom. The lowest BCUT2D eigenvalue weighted by atomic mass is 10.0. The quantitative estimate of drug-likeness (QED) is 0.818. The van der Waals surface area contributed by atoms with Crippen LogP contribution < -0.4 is 5.32 Å². The van der Waals surface area contributed by atoms with E-state index in [0.717, 1.165) is 30.8 Å². The lowest BCUT2D eigenvalue weighted by Crippen LogP contribution is -2.13. The number of aryl methyl sites for hydroxylation is 1. The predicted molar refractivity (Wildman–Crippen MR) is 73.4 cm³/mol. The molecular weight excluding hydrogens is 224 g/mol. The van der Waals surface area contributed by atoms with Crippen molar-refractivity contribution in [3.8, 4) is 11.5 Å². The molecule has 0 aliphatic rings. The van der Waals surface area contributed by atoms with Gasteiger partial charge in [0.25, 0.3) is 0 Å². The lowest BCUT2D eigenvalue weighted by Gasteiger charge is -2.04. The van der Waals surface area contributed by atoms with Crippen LogP contribution in [-0.2, 0) is 6.54 Å². The Balaban J connectivity index is 2.16. The van der Waals surface area contributed by atoms with Crippen LogP contribution in [0.15, 0.2) is 28.9 Å². The molecule has 2 rings (SSSR count). The molecule has 0 amide bonds. The molecule has 96 valence electrons. The molecule has 1 heterocycles. The number of oxazole rings is 1. The van der Waals surface area contributed by atoms with Crippen molar-refractivity contribution in [2.45, 2.75) is 33.7 Å². The molecule has 0 saturated heterocycles. The van der Waals surface area contributed by atoms with Gasteiger partial charge >= 0.3 is 0 Å². The summed E-state index contributed by atoms with van der Waals surface area (Å²) in [7, 11) is 0. The Kier molecular flexibility index (Phi) is 4.15. The van der Waals surface area contributed by atoms with Crippen LogP contribution in [0.1, 0.15) is 30.2 Å². The van der Waals surface area contributed by atoms with Crippen molar-refractivity contribution in [1.29, 1.82) is 0 Å². The Morgan fingerprint density at radius 2 is 2.11 bits per heavy atom. The topological polar surface area (TPSA) is 38.1 Å². The fourth-order valence-corrected chi connectivity index (χ4v) is 1.89. The summed E-state index contributed by atoms with van der Waals surface area (Å²) in [6.45, 7) is 8.13. The molecule has 1 N–H and O–H groups in total. The third kappa shape index (κ3) is 2.79. The third-order valence-electron chi connectivity index (χ3n) is 3.12. The molecule has 0 bridgehead atoms. The molecule has 3 heteroatoms. The molecule has 0 atom stereocenters. The highest BCUT2D eigenvalue weighted by atomic mass is 16.3. The molecule has 0 unspecified atom stereocenters. The van der Waals surface area contributed by atoms with E-state index >= 15 is 0 Å². The zero-order valence-electron chi connectivity index (χ0n) is 11.3. The fourth-order valence-electron chi connectivity index (χ4n) is 1.89. The molecule has 0 aliphatic carbocycles. The van der Waals surface area contributed by atoms with E-state index in [0.29, 0.717) is 5.89 Å². The van der Waals surface area contributed by atoms with Gasteiger partial charge in [0.05, 0.1) is 5.69 Å². The maximum absolute atomic E-state index is 5.57. The molecule has 0 radical (unpaired) electrons. The predicted octanol–water partition coefficient (Wildman–Crippen LogP) is 3.46. The molecule has 0 aliphatic heterocycles. The van der Waals surface area contributed by atoms with E-state index in [1.165, 1.54) is 11.1 Å². The Bertz CT molecular complexity index is 517. The lowest BCUT2D eigenvalue weighted by molar-refractivity contribution is 0.569. The molecular formula is C15H20N2O. The molecule has 0 fully saturated rings. The summed E-state index contributed by atoms with van der Waals surface area (Å²) in [5.74, 6) is 0.712. The number of hydrogen-bond donors (Lipinski definition) is 1. The normalized spacial score (nSPS) is 10.8. The number of nitrogens with one attached hydrogen (secondary N) is 1. The first-order chi connectivity index (χ1) is 8.72. The average Bonchev–Trinajstić information content (AvgIpc) is 2.82. The van der Waals surface area contributed by atoms with E-state index in [1.54, 1.807) is 6.26 Å². The van der Waals surface area contributed by atoms with Gasteiger partial charge in [-0.25, -0.2) is 4.98 Å². The van der Waals surface area contributed by atoms with Crippen LogP contribution >= 0.6 is 0 Å². The summed E-state index contributed by atoms with van der Waals surface area (Å²) in [6, 6.07) is 6.19. The van der Waals surface area contributed by atoms with E-state index in [2.05, 4.69) is 43.2 Å². The van der Waals surface area contributed by atoms with E-state index < -0.39 is 0 Å². The molecule has 0 spiro atoms. The summed E-state index contributed by atoms with van der Waals surface area (Å²) in [6.07, 6.45) is 2.86. The van der Waals surface area contributed by atoms with Gasteiger partial charge in [-0.1, -0.05) is 19.1 Å². The minimum Gasteiger partial charge on any atom is -0.444 e. The van der Waals surface area contributed by atoms with Crippen LogP contribution in [0, 0.1) is 13.8 Å². The zero-order valence-corrected chi connectivity index (χ0v) is 11.3. The second-order valence-electron chi connectivity index (χ2n) is 4.57. The SMILES string of the molecule is CCCNCc1coc(-c2cccc(C)c2C)n1. The van der Waals surface area contributed by atoms with Gasteiger partial charge < -0.3 is 9.73 Å². The number of rotatable bonds is 5. The van der Waals surface area contributed by atoms with Crippen molar-refractivity contribution < 1.29 is 4.42 Å². The minimum absolute atomic E-state index is 0.712. The van der Waals surface area contributed by atoms with Gasteiger partial charge in [-0.2, -0.15) is 0 Å². The highest BCUT2D eigenvalue weighted by Crippen LogP contribution is 2.24. The highest BCUT2D eigenvalue weighted by molar-refractivity contribution is 5.60. The third-order valence-corrected chi connectivity index (χ3v) is 3.12. The second-order valence-corrected chi connectivity index (χ2v) is 4.57. The summed E-state index contributed by atoms with van der Waals surface area (Å²) in [4.78, 5) is 4.53. The van der Waals surface area contributed by atoms with Crippen molar-refractivity contribution in [3.05, 3.63) is 41.3 Å². The Labute approximate surface area is 108 Å². The largest absolute Gasteiger partial charge is 0.444 e. The first-order valence-corrected chi connectivity index (χ1v) is 6.44. The van der Waals surface area contributed by atoms with Gasteiger partial charge in [-0.15, -0.1) is 0 Å². The second kappa shape index (κ2) is 5.83. The van der Waals surface area contributed by atoms with Crippen LogP contribution in [0.5, 0.6) is 0 Å². The van der Waals surface area contributed by atoms with Gasteiger partial charge in [-0.05, 0) is 44.0 Å². The molecule has 2 aromatic rings. The van der Waals surface area contributed by atoms with Gasteiger partial charge in [0.1, 0.15) is 6.26 Å². The van der Waals surface area contributed by atoms with E-state index in [9.17, 15) is 0 Å². The van der Waals surface area contributed by atoms with Crippen LogP contribution in [-0.4, -0.2) is 11.5 Å². The summed E-state index contributed by atoms with van der Waals surface area (Å²) >= 11 is 0. The van der Waals surface area contributed by atoms with Crippen molar-refractivity contribution in [3.63, 3.8) is 0 Å². The summed E-state index contributed by atoms with van der Waals surface area (Å²) < 4.78 is 5.57. The van der Waals surface area contributed by atoms with Crippen LogP contribution in [0.3, 0.4) is 0 Å². The van der Waals surface area contributed by atoms with Crippen LogP contribution in [0.2, 0.25) is 0 Å². The minimum atomic E-state index is 0.712. The molecule has 1 aromatic heterocycles. The number of aromatic nitrogens is 1. The van der Waals surface area contributed by atoms with E-state index in [4.69, 9.17) is 4.42 Å². The smallest absolute Gasteiger partial charge is 0.226 e. The van der Waals surface area contributed by atoms with Crippen molar-refractivity contribution >= 4 is 0 Å². The maximum Gasteiger partial charge on any atom is 0.226 e. The van der Waals surface area contributed by atoms with Gasteiger partial charge in [0.2, 0.25) is 5.89 Å². The fraction of sp³-hybridized carbons (Fsp3) is 0.400. The Morgan fingerprint density at radius 1 is 1.28 bits per heavy atom. The van der Waals surface area contributed by atoms with E-state index in [-0.39, 0.29) is 0 Å². The monoisotopic (exact) mass is 244 g/mol. The molecule has 3 nitrogen and oxygen atoms in total. The van der Waals surface area contributed by atoms with Crippen LogP contribution in [0.4, 0.5) is 0 Å². The number of benzene rings is 1. The van der Waals surface area contributed by atoms with Crippen molar-refractivity contribution in [1.82, 2.24) is 10.3 Å². The maximum atomic E-state index is 5.57. The van der Waals surface area contributed by atoms with Crippen molar-refractivity contribution in [2.75, 3.05) is 6.54 Å². The average molecular weight is 244 g/mol. The molecule has 18 heavy (non-hydrogen) atoms. The van der Waals surface area contributed by atoms with E-state index in [1.807, 2.05) is 6.07 Å². The van der Waals surface area contributed by atoms with Crippen LogP contribution in [0.25, 0.3) is 11.5 Å². The van der Waals surface area contributed by atoms with Gasteiger partial charge in [-0.3, -0.25) is 0 Å². The molecule has 1 aromatic carbocycles. The molecule has 0 saturated carbocycles. The van der Waals surface area contributed by atoms with Gasteiger partial charge in [0, 0.05) is 12.1 Å². The first kappa shape index (κ1) is 12.8. The number of hydrogen-bond acceptors (Lipinski definition) is 3. The highest BCUT2D eigenvalue weighted by Gasteiger charge is 2.09. The van der Waals surface area contributed by atoms with Crippen molar-refractivity contribution in [2.24, 2.45) is 0 Å².